The highest BCUT2D eigenvalue weighted by atomic mass is 79.9. The van der Waals surface area contributed by atoms with Gasteiger partial charge in [0.2, 0.25) is 5.91 Å². The van der Waals surface area contributed by atoms with Crippen molar-refractivity contribution >= 4 is 37.9 Å². The van der Waals surface area contributed by atoms with Gasteiger partial charge >= 0.3 is 0 Å². The predicted octanol–water partition coefficient (Wildman–Crippen LogP) is 1.44. The van der Waals surface area contributed by atoms with Crippen LogP contribution in [0.5, 0.6) is 11.5 Å². The van der Waals surface area contributed by atoms with Crippen molar-refractivity contribution in [2.24, 2.45) is 11.0 Å². The first-order chi connectivity index (χ1) is 10.8. The molecule has 0 unspecified atom stereocenters. The Kier molecular flexibility index (Phi) is 5.64. The van der Waals surface area contributed by atoms with Crippen molar-refractivity contribution in [1.29, 1.82) is 0 Å². The van der Waals surface area contributed by atoms with E-state index in [1.807, 2.05) is 0 Å². The number of hydrazone groups is 1. The Morgan fingerprint density at radius 1 is 1.57 bits per heavy atom. The van der Waals surface area contributed by atoms with Gasteiger partial charge in [-0.05, 0) is 46.0 Å². The summed E-state index contributed by atoms with van der Waals surface area (Å²) in [6.07, 6.45) is 2.07. The van der Waals surface area contributed by atoms with Crippen molar-refractivity contribution in [2.45, 2.75) is 12.8 Å². The van der Waals surface area contributed by atoms with Crippen LogP contribution in [-0.2, 0) is 14.6 Å². The first-order valence-corrected chi connectivity index (χ1v) is 9.51. The molecule has 9 heteroatoms. The third-order valence-corrected chi connectivity index (χ3v) is 5.92. The van der Waals surface area contributed by atoms with Crippen LogP contribution in [0.1, 0.15) is 18.4 Å². The Hall–Kier alpha value is -1.61. The van der Waals surface area contributed by atoms with E-state index in [1.165, 1.54) is 13.3 Å². The Balaban J connectivity index is 1.91. The number of phenolic OH excluding ortho intramolecular Hbond substituents is 1. The van der Waals surface area contributed by atoms with E-state index in [0.717, 1.165) is 0 Å². The lowest BCUT2D eigenvalue weighted by molar-refractivity contribution is -0.121. The van der Waals surface area contributed by atoms with Crippen LogP contribution in [0.3, 0.4) is 0 Å². The van der Waals surface area contributed by atoms with Gasteiger partial charge in [-0.25, -0.2) is 13.8 Å². The molecule has 0 saturated carbocycles. The van der Waals surface area contributed by atoms with Gasteiger partial charge in [-0.2, -0.15) is 5.10 Å². The molecule has 0 aliphatic carbocycles. The van der Waals surface area contributed by atoms with Gasteiger partial charge < -0.3 is 9.84 Å². The first kappa shape index (κ1) is 17.7. The lowest BCUT2D eigenvalue weighted by Crippen LogP contribution is -2.21. The summed E-state index contributed by atoms with van der Waals surface area (Å²) in [5.41, 5.74) is 2.99. The van der Waals surface area contributed by atoms with Gasteiger partial charge in [0.1, 0.15) is 0 Å². The van der Waals surface area contributed by atoms with E-state index in [9.17, 15) is 18.3 Å². The number of rotatable bonds is 5. The fourth-order valence-electron chi connectivity index (χ4n) is 2.34. The topological polar surface area (TPSA) is 105 Å². The molecule has 0 bridgehead atoms. The van der Waals surface area contributed by atoms with E-state index in [4.69, 9.17) is 4.74 Å². The second-order valence-electron chi connectivity index (χ2n) is 5.32. The van der Waals surface area contributed by atoms with Crippen LogP contribution in [0.25, 0.3) is 0 Å². The van der Waals surface area contributed by atoms with Gasteiger partial charge in [0.15, 0.2) is 21.3 Å². The highest BCUT2D eigenvalue weighted by Crippen LogP contribution is 2.34. The summed E-state index contributed by atoms with van der Waals surface area (Å²) in [4.78, 5) is 11.8. The molecule has 1 atom stereocenters. The Morgan fingerprint density at radius 3 is 2.91 bits per heavy atom. The van der Waals surface area contributed by atoms with Gasteiger partial charge in [0.05, 0.1) is 29.3 Å². The molecule has 1 amide bonds. The van der Waals surface area contributed by atoms with Crippen LogP contribution in [0, 0.1) is 5.92 Å². The maximum atomic E-state index is 11.8. The summed E-state index contributed by atoms with van der Waals surface area (Å²) in [5, 5.41) is 13.5. The molecule has 0 aromatic heterocycles. The number of aromatic hydroxyl groups is 1. The minimum absolute atomic E-state index is 0.0175. The standard InChI is InChI=1S/C14H17BrN2O5S/c1-22-12-5-10(4-11(15)14(12)19)7-16-17-13(18)6-9-2-3-23(20,21)8-9/h4-5,7,9,19H,2-3,6,8H2,1H3,(H,17,18)/b16-7+/t9-/m1/s1. The highest BCUT2D eigenvalue weighted by molar-refractivity contribution is 9.10. The molecular formula is C14H17BrN2O5S. The molecule has 2 rings (SSSR count). The second kappa shape index (κ2) is 7.31. The number of ether oxygens (including phenoxy) is 1. The number of nitrogens with one attached hydrogen (secondary N) is 1. The molecule has 2 N–H and O–H groups in total. The number of benzene rings is 1. The van der Waals surface area contributed by atoms with Gasteiger partial charge in [-0.15, -0.1) is 0 Å². The summed E-state index contributed by atoms with van der Waals surface area (Å²) in [6, 6.07) is 3.19. The molecule has 1 fully saturated rings. The first-order valence-electron chi connectivity index (χ1n) is 6.89. The molecule has 126 valence electrons. The molecule has 1 aliphatic rings. The van der Waals surface area contributed by atoms with Crippen molar-refractivity contribution in [3.05, 3.63) is 22.2 Å². The zero-order valence-corrected chi connectivity index (χ0v) is 14.9. The molecule has 7 nitrogen and oxygen atoms in total. The molecule has 1 heterocycles. The van der Waals surface area contributed by atoms with Crippen LogP contribution in [0.15, 0.2) is 21.7 Å². The average molecular weight is 405 g/mol. The highest BCUT2D eigenvalue weighted by Gasteiger charge is 2.29. The number of sulfone groups is 1. The largest absolute Gasteiger partial charge is 0.503 e. The summed E-state index contributed by atoms with van der Waals surface area (Å²) in [6.45, 7) is 0. The third kappa shape index (κ3) is 4.93. The van der Waals surface area contributed by atoms with Gasteiger partial charge in [0, 0.05) is 6.42 Å². The Bertz CT molecular complexity index is 733. The number of phenols is 1. The van der Waals surface area contributed by atoms with Crippen molar-refractivity contribution in [3.8, 4) is 11.5 Å². The number of methoxy groups -OCH3 is 1. The van der Waals surface area contributed by atoms with E-state index in [-0.39, 0.29) is 41.3 Å². The maximum absolute atomic E-state index is 11.8. The summed E-state index contributed by atoms with van der Waals surface area (Å²) >= 11 is 3.19. The van der Waals surface area contributed by atoms with E-state index in [2.05, 4.69) is 26.5 Å². The number of hydrogen-bond donors (Lipinski definition) is 2. The van der Waals surface area contributed by atoms with Gasteiger partial charge in [-0.1, -0.05) is 0 Å². The van der Waals surface area contributed by atoms with E-state index < -0.39 is 9.84 Å². The lowest BCUT2D eigenvalue weighted by Gasteiger charge is -2.07. The molecule has 0 spiro atoms. The zero-order valence-electron chi connectivity index (χ0n) is 12.5. The van der Waals surface area contributed by atoms with E-state index in [0.29, 0.717) is 16.5 Å². The predicted molar refractivity (Wildman–Crippen MR) is 89.5 cm³/mol. The number of hydrogen-bond acceptors (Lipinski definition) is 6. The van der Waals surface area contributed by atoms with Crippen LogP contribution in [0.4, 0.5) is 0 Å². The Labute approximate surface area is 142 Å². The van der Waals surface area contributed by atoms with Crippen LogP contribution < -0.4 is 10.2 Å². The van der Waals surface area contributed by atoms with Crippen molar-refractivity contribution in [2.75, 3.05) is 18.6 Å². The summed E-state index contributed by atoms with van der Waals surface area (Å²) < 4.78 is 28.1. The van der Waals surface area contributed by atoms with Crippen LogP contribution >= 0.6 is 15.9 Å². The zero-order chi connectivity index (χ0) is 17.0. The molecule has 23 heavy (non-hydrogen) atoms. The summed E-state index contributed by atoms with van der Waals surface area (Å²) in [7, 11) is -1.55. The maximum Gasteiger partial charge on any atom is 0.240 e. The smallest absolute Gasteiger partial charge is 0.240 e. The molecular weight excluding hydrogens is 388 g/mol. The average Bonchev–Trinajstić information content (AvgIpc) is 2.81. The molecule has 1 aromatic rings. The summed E-state index contributed by atoms with van der Waals surface area (Å²) in [5.74, 6) is 0.00706. The van der Waals surface area contributed by atoms with Gasteiger partial charge in [0.25, 0.3) is 0 Å². The number of nitrogens with zero attached hydrogens (tertiary/aromatic N) is 1. The lowest BCUT2D eigenvalue weighted by atomic mass is 10.1. The Morgan fingerprint density at radius 2 is 2.30 bits per heavy atom. The number of halogens is 1. The van der Waals surface area contributed by atoms with Crippen LogP contribution in [0.2, 0.25) is 0 Å². The SMILES string of the molecule is COc1cc(/C=N/NC(=O)C[C@H]2CCS(=O)(=O)C2)cc(Br)c1O. The normalized spacial score (nSPS) is 19.8. The minimum Gasteiger partial charge on any atom is -0.503 e. The molecule has 1 aliphatic heterocycles. The quantitative estimate of drug-likeness (QED) is 0.570. The van der Waals surface area contributed by atoms with Crippen molar-refractivity contribution < 1.29 is 23.1 Å². The third-order valence-electron chi connectivity index (χ3n) is 3.47. The molecule has 1 aromatic carbocycles. The molecule has 0 radical (unpaired) electrons. The van der Waals surface area contributed by atoms with Crippen LogP contribution in [-0.4, -0.2) is 44.3 Å². The minimum atomic E-state index is -2.98. The van der Waals surface area contributed by atoms with E-state index >= 15 is 0 Å². The fourth-order valence-corrected chi connectivity index (χ4v) is 4.67. The number of amides is 1. The van der Waals surface area contributed by atoms with Crippen molar-refractivity contribution in [1.82, 2.24) is 5.43 Å². The second-order valence-corrected chi connectivity index (χ2v) is 8.40. The number of carbonyl (C=O) groups is 1. The van der Waals surface area contributed by atoms with Crippen molar-refractivity contribution in [3.63, 3.8) is 0 Å². The van der Waals surface area contributed by atoms with Gasteiger partial charge in [-0.3, -0.25) is 4.79 Å². The fraction of sp³-hybridized carbons (Fsp3) is 0.429. The monoisotopic (exact) mass is 404 g/mol. The molecule has 1 saturated heterocycles. The van der Waals surface area contributed by atoms with E-state index in [1.54, 1.807) is 12.1 Å². The number of carbonyl (C=O) groups excluding carboxylic acids is 1.